The van der Waals surface area contributed by atoms with Crippen molar-refractivity contribution in [3.63, 3.8) is 0 Å². The van der Waals surface area contributed by atoms with Gasteiger partial charge in [-0.05, 0) is 51.1 Å². The summed E-state index contributed by atoms with van der Waals surface area (Å²) in [4.78, 5) is 12.9. The minimum Gasteiger partial charge on any atom is -0.487 e. The van der Waals surface area contributed by atoms with E-state index in [0.717, 1.165) is 23.1 Å². The van der Waals surface area contributed by atoms with Crippen LogP contribution in [0, 0.1) is 6.92 Å². The van der Waals surface area contributed by atoms with Gasteiger partial charge in [-0.3, -0.25) is 9.10 Å². The highest BCUT2D eigenvalue weighted by Crippen LogP contribution is 2.40. The summed E-state index contributed by atoms with van der Waals surface area (Å²) >= 11 is 0. The maximum absolute atomic E-state index is 12.9. The Balaban J connectivity index is 1.83. The number of aryl methyl sites for hydroxylation is 1. The van der Waals surface area contributed by atoms with E-state index in [9.17, 15) is 13.2 Å². The molecule has 0 radical (unpaired) electrons. The van der Waals surface area contributed by atoms with E-state index in [1.54, 1.807) is 24.3 Å². The van der Waals surface area contributed by atoms with Gasteiger partial charge in [-0.2, -0.15) is 0 Å². The average molecular weight is 429 g/mol. The summed E-state index contributed by atoms with van der Waals surface area (Å²) in [6.45, 7) is 9.79. The molecule has 30 heavy (non-hydrogen) atoms. The Bertz CT molecular complexity index is 1060. The Morgan fingerprint density at radius 2 is 1.93 bits per heavy atom. The Morgan fingerprint density at radius 1 is 1.27 bits per heavy atom. The van der Waals surface area contributed by atoms with Crippen LogP contribution in [0.1, 0.15) is 47.8 Å². The summed E-state index contributed by atoms with van der Waals surface area (Å²) in [5, 5.41) is 3.11. The molecular formula is C23H28N2O4S. The molecule has 0 saturated carbocycles. The molecule has 1 unspecified atom stereocenters. The fraction of sp³-hybridized carbons (Fsp3) is 0.348. The van der Waals surface area contributed by atoms with E-state index in [2.05, 4.69) is 11.9 Å². The van der Waals surface area contributed by atoms with Gasteiger partial charge in [0.25, 0.3) is 5.91 Å². The van der Waals surface area contributed by atoms with Crippen LogP contribution in [0.15, 0.2) is 55.1 Å². The van der Waals surface area contributed by atoms with Crippen molar-refractivity contribution in [3.8, 4) is 5.75 Å². The number of anilines is 1. The van der Waals surface area contributed by atoms with Gasteiger partial charge >= 0.3 is 0 Å². The number of fused-ring (bicyclic) bond motifs is 1. The molecule has 1 N–H and O–H groups in total. The van der Waals surface area contributed by atoms with Crippen molar-refractivity contribution in [2.24, 2.45) is 0 Å². The van der Waals surface area contributed by atoms with Crippen molar-refractivity contribution < 1.29 is 17.9 Å². The van der Waals surface area contributed by atoms with Crippen molar-refractivity contribution in [1.82, 2.24) is 5.32 Å². The first-order chi connectivity index (χ1) is 14.0. The number of hydrogen-bond acceptors (Lipinski definition) is 4. The maximum Gasteiger partial charge on any atom is 0.251 e. The molecule has 160 valence electrons. The molecule has 1 amide bonds. The highest BCUT2D eigenvalue weighted by atomic mass is 32.2. The zero-order chi connectivity index (χ0) is 22.1. The van der Waals surface area contributed by atoms with Gasteiger partial charge in [0.2, 0.25) is 10.0 Å². The standard InChI is InChI=1S/C23H28N2O4S/c1-6-13-25(30(5,27)28)18-10-8-17(9-11-18)22(26)24-20-15-23(3,4)29-21-12-7-16(2)14-19(20)21/h6-12,14,20H,1,13,15H2,2-5H3,(H,24,26). The Kier molecular flexibility index (Phi) is 5.94. The third-order valence-corrected chi connectivity index (χ3v) is 6.20. The van der Waals surface area contributed by atoms with Crippen LogP contribution in [0.2, 0.25) is 0 Å². The van der Waals surface area contributed by atoms with E-state index in [1.165, 1.54) is 10.4 Å². The Labute approximate surface area is 178 Å². The van der Waals surface area contributed by atoms with Gasteiger partial charge in [-0.15, -0.1) is 6.58 Å². The van der Waals surface area contributed by atoms with Crippen LogP contribution in [0.4, 0.5) is 5.69 Å². The molecule has 0 aliphatic carbocycles. The summed E-state index contributed by atoms with van der Waals surface area (Å²) in [6.07, 6.45) is 3.31. The second-order valence-electron chi connectivity index (χ2n) is 8.26. The van der Waals surface area contributed by atoms with Crippen LogP contribution < -0.4 is 14.4 Å². The monoisotopic (exact) mass is 428 g/mol. The summed E-state index contributed by atoms with van der Waals surface area (Å²) < 4.78 is 31.3. The average Bonchev–Trinajstić information content (AvgIpc) is 2.65. The zero-order valence-corrected chi connectivity index (χ0v) is 18.6. The van der Waals surface area contributed by atoms with Crippen molar-refractivity contribution in [1.29, 1.82) is 0 Å². The van der Waals surface area contributed by atoms with Crippen molar-refractivity contribution in [2.75, 3.05) is 17.1 Å². The topological polar surface area (TPSA) is 75.7 Å². The molecule has 7 heteroatoms. The summed E-state index contributed by atoms with van der Waals surface area (Å²) in [5.41, 5.74) is 2.62. The molecule has 3 rings (SSSR count). The SMILES string of the molecule is C=CCN(c1ccc(C(=O)NC2CC(C)(C)Oc3ccc(C)cc32)cc1)S(C)(=O)=O. The van der Waals surface area contributed by atoms with Crippen LogP contribution in [0.5, 0.6) is 5.75 Å². The van der Waals surface area contributed by atoms with E-state index in [1.807, 2.05) is 39.0 Å². The molecule has 0 fully saturated rings. The Morgan fingerprint density at radius 3 is 2.53 bits per heavy atom. The molecule has 2 aromatic rings. The second-order valence-corrected chi connectivity index (χ2v) is 10.2. The number of sulfonamides is 1. The van der Waals surface area contributed by atoms with Crippen LogP contribution >= 0.6 is 0 Å². The van der Waals surface area contributed by atoms with Crippen LogP contribution in [0.25, 0.3) is 0 Å². The van der Waals surface area contributed by atoms with Crippen LogP contribution in [-0.2, 0) is 10.0 Å². The summed E-state index contributed by atoms with van der Waals surface area (Å²) in [5.74, 6) is 0.567. The smallest absolute Gasteiger partial charge is 0.251 e. The van der Waals surface area contributed by atoms with Crippen LogP contribution in [-0.4, -0.2) is 32.7 Å². The first-order valence-electron chi connectivity index (χ1n) is 9.79. The van der Waals surface area contributed by atoms with Gasteiger partial charge in [0, 0.05) is 17.5 Å². The van der Waals surface area contributed by atoms with Crippen molar-refractivity contribution in [2.45, 2.75) is 38.8 Å². The molecule has 1 atom stereocenters. The number of nitrogens with zero attached hydrogens (tertiary/aromatic N) is 1. The third kappa shape index (κ3) is 4.84. The quantitative estimate of drug-likeness (QED) is 0.706. The molecule has 0 spiro atoms. The number of hydrogen-bond donors (Lipinski definition) is 1. The number of ether oxygens (including phenoxy) is 1. The van der Waals surface area contributed by atoms with Gasteiger partial charge < -0.3 is 10.1 Å². The lowest BCUT2D eigenvalue weighted by molar-refractivity contribution is 0.0619. The van der Waals surface area contributed by atoms with E-state index in [0.29, 0.717) is 17.7 Å². The fourth-order valence-electron chi connectivity index (χ4n) is 3.67. The van der Waals surface area contributed by atoms with E-state index >= 15 is 0 Å². The molecule has 2 aromatic carbocycles. The summed E-state index contributed by atoms with van der Waals surface area (Å²) in [6, 6.07) is 12.3. The second kappa shape index (κ2) is 8.14. The molecule has 6 nitrogen and oxygen atoms in total. The van der Waals surface area contributed by atoms with E-state index in [-0.39, 0.29) is 18.5 Å². The van der Waals surface area contributed by atoms with E-state index in [4.69, 9.17) is 4.74 Å². The normalized spacial score (nSPS) is 17.4. The highest BCUT2D eigenvalue weighted by molar-refractivity contribution is 7.92. The van der Waals surface area contributed by atoms with Gasteiger partial charge in [0.15, 0.2) is 0 Å². The lowest BCUT2D eigenvalue weighted by Gasteiger charge is -2.38. The highest BCUT2D eigenvalue weighted by Gasteiger charge is 2.34. The molecule has 0 saturated heterocycles. The lowest BCUT2D eigenvalue weighted by Crippen LogP contribution is -2.41. The maximum atomic E-state index is 12.9. The molecule has 1 heterocycles. The Hall–Kier alpha value is -2.80. The van der Waals surface area contributed by atoms with Gasteiger partial charge in [-0.25, -0.2) is 8.42 Å². The van der Waals surface area contributed by atoms with Crippen molar-refractivity contribution in [3.05, 3.63) is 71.8 Å². The van der Waals surface area contributed by atoms with Gasteiger partial charge in [0.05, 0.1) is 24.5 Å². The molecular weight excluding hydrogens is 400 g/mol. The number of rotatable bonds is 6. The summed E-state index contributed by atoms with van der Waals surface area (Å²) in [7, 11) is -3.44. The predicted octanol–water partition coefficient (Wildman–Crippen LogP) is 3.98. The minimum absolute atomic E-state index is 0.164. The molecule has 0 bridgehead atoms. The van der Waals surface area contributed by atoms with Gasteiger partial charge in [0.1, 0.15) is 11.4 Å². The number of benzene rings is 2. The minimum atomic E-state index is -3.44. The number of carbonyl (C=O) groups is 1. The predicted molar refractivity (Wildman–Crippen MR) is 120 cm³/mol. The molecule has 1 aliphatic heterocycles. The first kappa shape index (κ1) is 21.9. The zero-order valence-electron chi connectivity index (χ0n) is 17.8. The number of amides is 1. The fourth-order valence-corrected chi connectivity index (χ4v) is 4.55. The largest absolute Gasteiger partial charge is 0.487 e. The lowest BCUT2D eigenvalue weighted by atomic mass is 9.88. The third-order valence-electron chi connectivity index (χ3n) is 5.04. The van der Waals surface area contributed by atoms with Crippen LogP contribution in [0.3, 0.4) is 0 Å². The number of nitrogens with one attached hydrogen (secondary N) is 1. The van der Waals surface area contributed by atoms with Crippen molar-refractivity contribution >= 4 is 21.6 Å². The molecule has 1 aliphatic rings. The molecule has 0 aromatic heterocycles. The first-order valence-corrected chi connectivity index (χ1v) is 11.6. The number of carbonyl (C=O) groups excluding carboxylic acids is 1. The van der Waals surface area contributed by atoms with Gasteiger partial charge in [-0.1, -0.05) is 23.8 Å². The van der Waals surface area contributed by atoms with E-state index < -0.39 is 15.6 Å².